The molecule has 0 heterocycles. The molecule has 0 unspecified atom stereocenters. The van der Waals surface area contributed by atoms with E-state index < -0.39 is 16.0 Å². The van der Waals surface area contributed by atoms with Crippen LogP contribution in [0.4, 0.5) is 10.1 Å². The number of hydrogen-bond donors (Lipinski definition) is 2. The van der Waals surface area contributed by atoms with Crippen molar-refractivity contribution in [2.75, 3.05) is 4.72 Å². The van der Waals surface area contributed by atoms with Gasteiger partial charge in [0.15, 0.2) is 0 Å². The summed E-state index contributed by atoms with van der Waals surface area (Å²) < 4.78 is 40.8. The van der Waals surface area contributed by atoms with Crippen LogP contribution in [0.2, 0.25) is 0 Å². The monoisotopic (exact) mass is 310 g/mol. The van der Waals surface area contributed by atoms with E-state index in [1.165, 1.54) is 18.2 Å². The first kappa shape index (κ1) is 13.4. The smallest absolute Gasteiger partial charge is 0.270 e. The van der Waals surface area contributed by atoms with Crippen LogP contribution >= 0.6 is 15.9 Å². The molecule has 1 aromatic carbocycles. The molecule has 0 bridgehead atoms. The van der Waals surface area contributed by atoms with Crippen LogP contribution in [0.3, 0.4) is 0 Å². The Hall–Kier alpha value is -0.660. The van der Waals surface area contributed by atoms with Crippen molar-refractivity contribution >= 4 is 31.8 Å². The summed E-state index contributed by atoms with van der Waals surface area (Å²) in [5.74, 6) is -0.438. The molecular formula is C9H12BrFN2O2S. The van der Waals surface area contributed by atoms with E-state index in [9.17, 15) is 12.8 Å². The molecule has 90 valence electrons. The molecule has 7 heteroatoms. The fraction of sp³-hybridized carbons (Fsp3) is 0.333. The minimum absolute atomic E-state index is 0.211. The SMILES string of the molecule is CC(C)NS(=O)(=O)Nc1ccc(F)cc1Br. The number of rotatable bonds is 4. The summed E-state index contributed by atoms with van der Waals surface area (Å²) in [5, 5.41) is 0. The van der Waals surface area contributed by atoms with E-state index in [2.05, 4.69) is 25.4 Å². The van der Waals surface area contributed by atoms with Gasteiger partial charge in [-0.05, 0) is 48.0 Å². The molecule has 0 spiro atoms. The Labute approximate surface area is 103 Å². The molecule has 0 fully saturated rings. The fourth-order valence-corrected chi connectivity index (χ4v) is 2.79. The molecule has 1 rings (SSSR count). The second-order valence-corrected chi connectivity index (χ2v) is 5.80. The van der Waals surface area contributed by atoms with Crippen molar-refractivity contribution in [1.82, 2.24) is 4.72 Å². The first-order valence-corrected chi connectivity index (χ1v) is 6.83. The third-order valence-electron chi connectivity index (χ3n) is 1.57. The molecule has 1 aromatic rings. The minimum atomic E-state index is -3.62. The average Bonchev–Trinajstić information content (AvgIpc) is 2.07. The van der Waals surface area contributed by atoms with Gasteiger partial charge in [0.1, 0.15) is 5.82 Å². The quantitative estimate of drug-likeness (QED) is 0.896. The maximum Gasteiger partial charge on any atom is 0.299 e. The number of hydrogen-bond acceptors (Lipinski definition) is 2. The summed E-state index contributed by atoms with van der Waals surface area (Å²) in [5.41, 5.74) is 0.287. The second kappa shape index (κ2) is 5.11. The highest BCUT2D eigenvalue weighted by Crippen LogP contribution is 2.23. The van der Waals surface area contributed by atoms with E-state index in [0.717, 1.165) is 0 Å². The number of halogens is 2. The molecule has 0 aliphatic rings. The number of nitrogens with one attached hydrogen (secondary N) is 2. The van der Waals surface area contributed by atoms with Gasteiger partial charge >= 0.3 is 0 Å². The average molecular weight is 311 g/mol. The molecule has 0 amide bonds. The second-order valence-electron chi connectivity index (χ2n) is 3.50. The van der Waals surface area contributed by atoms with E-state index in [1.54, 1.807) is 13.8 Å². The van der Waals surface area contributed by atoms with E-state index in [0.29, 0.717) is 4.47 Å². The highest BCUT2D eigenvalue weighted by Gasteiger charge is 2.13. The minimum Gasteiger partial charge on any atom is -0.270 e. The molecule has 4 nitrogen and oxygen atoms in total. The summed E-state index contributed by atoms with van der Waals surface area (Å²) in [6.07, 6.45) is 0. The van der Waals surface area contributed by atoms with E-state index in [1.807, 2.05) is 0 Å². The molecule has 0 aromatic heterocycles. The van der Waals surface area contributed by atoms with Gasteiger partial charge in [-0.25, -0.2) is 4.39 Å². The molecule has 16 heavy (non-hydrogen) atoms. The number of benzene rings is 1. The zero-order chi connectivity index (χ0) is 12.3. The summed E-state index contributed by atoms with van der Waals surface area (Å²) >= 11 is 3.07. The number of anilines is 1. The van der Waals surface area contributed by atoms with Gasteiger partial charge in [0, 0.05) is 10.5 Å². The molecule has 0 radical (unpaired) electrons. The molecule has 0 aliphatic heterocycles. The van der Waals surface area contributed by atoms with Crippen molar-refractivity contribution in [1.29, 1.82) is 0 Å². The van der Waals surface area contributed by atoms with Crippen molar-refractivity contribution < 1.29 is 12.8 Å². The Morgan fingerprint density at radius 3 is 2.50 bits per heavy atom. The highest BCUT2D eigenvalue weighted by atomic mass is 79.9. The van der Waals surface area contributed by atoms with Crippen LogP contribution in [-0.2, 0) is 10.2 Å². The molecule has 0 atom stereocenters. The first-order valence-electron chi connectivity index (χ1n) is 4.55. The van der Waals surface area contributed by atoms with Gasteiger partial charge in [-0.1, -0.05) is 0 Å². The highest BCUT2D eigenvalue weighted by molar-refractivity contribution is 9.10. The Bertz CT molecular complexity index is 476. The Morgan fingerprint density at radius 2 is 2.00 bits per heavy atom. The van der Waals surface area contributed by atoms with Gasteiger partial charge in [0.2, 0.25) is 0 Å². The van der Waals surface area contributed by atoms with E-state index >= 15 is 0 Å². The molecule has 0 saturated heterocycles. The topological polar surface area (TPSA) is 58.2 Å². The maximum atomic E-state index is 12.8. The maximum absolute atomic E-state index is 12.8. The fourth-order valence-electron chi connectivity index (χ4n) is 1.06. The van der Waals surface area contributed by atoms with Gasteiger partial charge in [-0.2, -0.15) is 13.1 Å². The lowest BCUT2D eigenvalue weighted by Gasteiger charge is -2.12. The van der Waals surface area contributed by atoms with Crippen LogP contribution in [0, 0.1) is 5.82 Å². The Kier molecular flexibility index (Phi) is 4.28. The predicted octanol–water partition coefficient (Wildman–Crippen LogP) is 2.24. The third kappa shape index (κ3) is 4.07. The van der Waals surface area contributed by atoms with Gasteiger partial charge in [-0.15, -0.1) is 0 Å². The molecule has 2 N–H and O–H groups in total. The van der Waals surface area contributed by atoms with Crippen LogP contribution < -0.4 is 9.44 Å². The van der Waals surface area contributed by atoms with E-state index in [4.69, 9.17) is 0 Å². The zero-order valence-electron chi connectivity index (χ0n) is 8.79. The van der Waals surface area contributed by atoms with Crippen LogP contribution in [-0.4, -0.2) is 14.5 Å². The van der Waals surface area contributed by atoms with Gasteiger partial charge < -0.3 is 0 Å². The summed E-state index contributed by atoms with van der Waals surface area (Å²) in [7, 11) is -3.62. The largest absolute Gasteiger partial charge is 0.299 e. The third-order valence-corrected chi connectivity index (χ3v) is 3.49. The zero-order valence-corrected chi connectivity index (χ0v) is 11.2. The van der Waals surface area contributed by atoms with Crippen molar-refractivity contribution in [3.05, 3.63) is 28.5 Å². The summed E-state index contributed by atoms with van der Waals surface area (Å²) in [6, 6.07) is 3.50. The standard InChI is InChI=1S/C9H12BrFN2O2S/c1-6(2)12-16(14,15)13-9-4-3-7(11)5-8(9)10/h3-6,12-13H,1-2H3. The van der Waals surface area contributed by atoms with Crippen molar-refractivity contribution in [3.8, 4) is 0 Å². The van der Waals surface area contributed by atoms with E-state index in [-0.39, 0.29) is 11.7 Å². The molecule has 0 saturated carbocycles. The predicted molar refractivity (Wildman–Crippen MR) is 64.9 cm³/mol. The van der Waals surface area contributed by atoms with Crippen molar-refractivity contribution in [2.45, 2.75) is 19.9 Å². The Balaban J connectivity index is 2.88. The lowest BCUT2D eigenvalue weighted by molar-refractivity contribution is 0.575. The van der Waals surface area contributed by atoms with Crippen LogP contribution in [0.1, 0.15) is 13.8 Å². The van der Waals surface area contributed by atoms with Gasteiger partial charge in [0.05, 0.1) is 5.69 Å². The normalized spacial score (nSPS) is 11.8. The van der Waals surface area contributed by atoms with Gasteiger partial charge in [0.25, 0.3) is 10.2 Å². The lowest BCUT2D eigenvalue weighted by Crippen LogP contribution is -2.35. The summed E-state index contributed by atoms with van der Waals surface area (Å²) in [4.78, 5) is 0. The van der Waals surface area contributed by atoms with Crippen molar-refractivity contribution in [2.24, 2.45) is 0 Å². The molecule has 0 aliphatic carbocycles. The summed E-state index contributed by atoms with van der Waals surface area (Å²) in [6.45, 7) is 3.41. The molecular weight excluding hydrogens is 299 g/mol. The first-order chi connectivity index (χ1) is 7.30. The van der Waals surface area contributed by atoms with Crippen LogP contribution in [0.5, 0.6) is 0 Å². The van der Waals surface area contributed by atoms with Gasteiger partial charge in [-0.3, -0.25) is 4.72 Å². The Morgan fingerprint density at radius 1 is 1.38 bits per heavy atom. The lowest BCUT2D eigenvalue weighted by atomic mass is 10.3. The van der Waals surface area contributed by atoms with Crippen LogP contribution in [0.25, 0.3) is 0 Å². The van der Waals surface area contributed by atoms with Crippen LogP contribution in [0.15, 0.2) is 22.7 Å². The van der Waals surface area contributed by atoms with Crippen molar-refractivity contribution in [3.63, 3.8) is 0 Å².